The van der Waals surface area contributed by atoms with Crippen LogP contribution in [0.25, 0.3) is 0 Å². The van der Waals surface area contributed by atoms with E-state index in [1.807, 2.05) is 0 Å². The summed E-state index contributed by atoms with van der Waals surface area (Å²) in [5.74, 6) is -1.68. The zero-order chi connectivity index (χ0) is 25.4. The number of Topliss-reactive ketones (excluding diaryl/α,β-unsaturated/α-hetero) is 1. The van der Waals surface area contributed by atoms with Crippen molar-refractivity contribution >= 4 is 28.7 Å². The molecule has 0 saturated heterocycles. The molecule has 10 nitrogen and oxygen atoms in total. The molecule has 7 N–H and O–H groups in total. The number of anilines is 2. The Balaban J connectivity index is 2.05. The van der Waals surface area contributed by atoms with Crippen molar-refractivity contribution in [3.8, 4) is 5.75 Å². The van der Waals surface area contributed by atoms with Crippen LogP contribution in [0.1, 0.15) is 55.5 Å². The zero-order valence-corrected chi connectivity index (χ0v) is 19.7. The Morgan fingerprint density at radius 3 is 1.71 bits per heavy atom. The summed E-state index contributed by atoms with van der Waals surface area (Å²) in [6, 6.07) is 6.06. The molecule has 10 heteroatoms. The van der Waals surface area contributed by atoms with Crippen molar-refractivity contribution in [3.05, 3.63) is 52.1 Å². The molecule has 0 bridgehead atoms. The molecule has 2 aromatic carbocycles. The van der Waals surface area contributed by atoms with Crippen LogP contribution in [0, 0.1) is 0 Å². The standard InChI is InChI=1S/C25H32N4O6/c1-2-18(32)15-3-6-19(33)23-20(15)24(34)21-16(28-9-7-26-11-13-30)4-5-17(22(21)25(23)35)29-10-8-27-12-14-31/h3-6,26-31,33H,2,7-14H2,1H3. The maximum atomic E-state index is 13.8. The highest BCUT2D eigenvalue weighted by molar-refractivity contribution is 6.34. The summed E-state index contributed by atoms with van der Waals surface area (Å²) in [5, 5.41) is 40.8. The number of phenolic OH excluding ortho intramolecular Hbond substituents is 1. The van der Waals surface area contributed by atoms with Gasteiger partial charge in [0.05, 0.1) is 29.9 Å². The molecule has 1 aliphatic rings. The van der Waals surface area contributed by atoms with Crippen molar-refractivity contribution in [2.24, 2.45) is 0 Å². The number of hydrogen-bond acceptors (Lipinski definition) is 10. The minimum Gasteiger partial charge on any atom is -0.507 e. The molecule has 0 amide bonds. The zero-order valence-electron chi connectivity index (χ0n) is 19.7. The van der Waals surface area contributed by atoms with Crippen molar-refractivity contribution in [2.75, 3.05) is 63.1 Å². The molecule has 0 aromatic heterocycles. The lowest BCUT2D eigenvalue weighted by Crippen LogP contribution is -2.29. The van der Waals surface area contributed by atoms with Crippen molar-refractivity contribution in [1.29, 1.82) is 0 Å². The average Bonchev–Trinajstić information content (AvgIpc) is 2.86. The largest absolute Gasteiger partial charge is 0.507 e. The van der Waals surface area contributed by atoms with Crippen LogP contribution in [0.2, 0.25) is 0 Å². The first-order chi connectivity index (χ1) is 17.0. The van der Waals surface area contributed by atoms with Gasteiger partial charge in [-0.2, -0.15) is 0 Å². The van der Waals surface area contributed by atoms with Gasteiger partial charge in [-0.05, 0) is 24.3 Å². The van der Waals surface area contributed by atoms with Crippen molar-refractivity contribution in [3.63, 3.8) is 0 Å². The number of carbonyl (C=O) groups excluding carboxylic acids is 3. The van der Waals surface area contributed by atoms with E-state index in [0.29, 0.717) is 50.6 Å². The van der Waals surface area contributed by atoms with Crippen LogP contribution in [0.3, 0.4) is 0 Å². The van der Waals surface area contributed by atoms with E-state index in [0.717, 1.165) is 0 Å². The van der Waals surface area contributed by atoms with E-state index in [4.69, 9.17) is 10.2 Å². The lowest BCUT2D eigenvalue weighted by Gasteiger charge is -2.25. The van der Waals surface area contributed by atoms with E-state index in [2.05, 4.69) is 21.3 Å². The molecular weight excluding hydrogens is 452 g/mol. The number of fused-ring (bicyclic) bond motifs is 2. The first-order valence-corrected chi connectivity index (χ1v) is 11.7. The van der Waals surface area contributed by atoms with Gasteiger partial charge in [0.15, 0.2) is 17.3 Å². The number of aromatic hydroxyl groups is 1. The van der Waals surface area contributed by atoms with Gasteiger partial charge in [0.1, 0.15) is 5.75 Å². The Labute approximate surface area is 203 Å². The third-order valence-corrected chi connectivity index (χ3v) is 5.73. The smallest absolute Gasteiger partial charge is 0.200 e. The molecule has 0 saturated carbocycles. The molecular formula is C25H32N4O6. The number of rotatable bonds is 14. The van der Waals surface area contributed by atoms with Crippen LogP contribution >= 0.6 is 0 Å². The summed E-state index contributed by atoms with van der Waals surface area (Å²) in [6.45, 7) is 4.44. The number of aliphatic hydroxyl groups is 2. The minimum atomic E-state index is -0.536. The number of ketones is 3. The van der Waals surface area contributed by atoms with Gasteiger partial charge < -0.3 is 36.6 Å². The van der Waals surface area contributed by atoms with Crippen LogP contribution in [-0.2, 0) is 0 Å². The molecule has 0 radical (unpaired) electrons. The Hall–Kier alpha value is -3.31. The lowest BCUT2D eigenvalue weighted by molar-refractivity contribution is 0.0958. The summed E-state index contributed by atoms with van der Waals surface area (Å²) in [4.78, 5) is 40.1. The first kappa shape index (κ1) is 26.3. The van der Waals surface area contributed by atoms with Crippen molar-refractivity contribution < 1.29 is 29.7 Å². The average molecular weight is 485 g/mol. The minimum absolute atomic E-state index is 0.00439. The SMILES string of the molecule is CCC(=O)c1ccc(O)c2c1C(=O)c1c(NCCNCCO)ccc(NCCNCCO)c1C2=O. The van der Waals surface area contributed by atoms with Gasteiger partial charge in [0.2, 0.25) is 0 Å². The van der Waals surface area contributed by atoms with E-state index in [1.165, 1.54) is 12.1 Å². The summed E-state index contributed by atoms with van der Waals surface area (Å²) in [6.07, 6.45) is 0.148. The Morgan fingerprint density at radius 2 is 1.23 bits per heavy atom. The number of nitrogens with one attached hydrogen (secondary N) is 4. The predicted molar refractivity (Wildman–Crippen MR) is 133 cm³/mol. The fourth-order valence-corrected chi connectivity index (χ4v) is 4.08. The highest BCUT2D eigenvalue weighted by atomic mass is 16.3. The highest BCUT2D eigenvalue weighted by Gasteiger charge is 2.38. The summed E-state index contributed by atoms with van der Waals surface area (Å²) in [5.41, 5.74) is 1.04. The van der Waals surface area contributed by atoms with Crippen LogP contribution in [-0.4, -0.2) is 85.2 Å². The molecule has 35 heavy (non-hydrogen) atoms. The number of phenols is 1. The van der Waals surface area contributed by atoms with Gasteiger partial charge in [-0.15, -0.1) is 0 Å². The first-order valence-electron chi connectivity index (χ1n) is 11.7. The van der Waals surface area contributed by atoms with Crippen molar-refractivity contribution in [2.45, 2.75) is 13.3 Å². The monoisotopic (exact) mass is 484 g/mol. The molecule has 188 valence electrons. The second-order valence-corrected chi connectivity index (χ2v) is 8.03. The lowest BCUT2D eigenvalue weighted by atomic mass is 9.79. The van der Waals surface area contributed by atoms with E-state index < -0.39 is 11.6 Å². The van der Waals surface area contributed by atoms with Gasteiger partial charge >= 0.3 is 0 Å². The summed E-state index contributed by atoms with van der Waals surface area (Å²) >= 11 is 0. The van der Waals surface area contributed by atoms with Crippen LogP contribution in [0.4, 0.5) is 11.4 Å². The summed E-state index contributed by atoms with van der Waals surface area (Å²) < 4.78 is 0. The second kappa shape index (κ2) is 12.4. The van der Waals surface area contributed by atoms with Gasteiger partial charge in [-0.3, -0.25) is 14.4 Å². The highest BCUT2D eigenvalue weighted by Crippen LogP contribution is 2.40. The maximum Gasteiger partial charge on any atom is 0.200 e. The molecule has 0 aliphatic heterocycles. The number of aliphatic hydroxyl groups excluding tert-OH is 2. The van der Waals surface area contributed by atoms with Crippen molar-refractivity contribution in [1.82, 2.24) is 10.6 Å². The molecule has 0 unspecified atom stereocenters. The van der Waals surface area contributed by atoms with E-state index in [1.54, 1.807) is 19.1 Å². The molecule has 0 spiro atoms. The third kappa shape index (κ3) is 5.68. The Kier molecular flexibility index (Phi) is 9.32. The normalized spacial score (nSPS) is 12.3. The van der Waals surface area contributed by atoms with Crippen LogP contribution in [0.5, 0.6) is 5.75 Å². The molecule has 3 rings (SSSR count). The van der Waals surface area contributed by atoms with E-state index in [9.17, 15) is 19.5 Å². The van der Waals surface area contributed by atoms with Gasteiger partial charge in [-0.25, -0.2) is 0 Å². The summed E-state index contributed by atoms with van der Waals surface area (Å²) in [7, 11) is 0. The quantitative estimate of drug-likeness (QED) is 0.128. The molecule has 1 aliphatic carbocycles. The topological polar surface area (TPSA) is 160 Å². The van der Waals surface area contributed by atoms with E-state index >= 15 is 0 Å². The Bertz CT molecular complexity index is 1100. The Morgan fingerprint density at radius 1 is 0.714 bits per heavy atom. The molecule has 0 heterocycles. The van der Waals surface area contributed by atoms with Gasteiger partial charge in [0.25, 0.3) is 0 Å². The third-order valence-electron chi connectivity index (χ3n) is 5.73. The molecule has 0 atom stereocenters. The second-order valence-electron chi connectivity index (χ2n) is 8.03. The maximum absolute atomic E-state index is 13.8. The number of carbonyl (C=O) groups is 3. The van der Waals surface area contributed by atoms with Crippen LogP contribution in [0.15, 0.2) is 24.3 Å². The molecule has 2 aromatic rings. The number of benzene rings is 2. The van der Waals surface area contributed by atoms with Crippen LogP contribution < -0.4 is 21.3 Å². The van der Waals surface area contributed by atoms with Gasteiger partial charge in [0, 0.05) is 68.2 Å². The van der Waals surface area contributed by atoms with E-state index in [-0.39, 0.29) is 59.0 Å². The molecule has 0 fully saturated rings. The fraction of sp³-hybridized carbons (Fsp3) is 0.400. The predicted octanol–water partition coefficient (Wildman–Crippen LogP) is 0.748. The van der Waals surface area contributed by atoms with Gasteiger partial charge in [-0.1, -0.05) is 6.92 Å². The fourth-order valence-electron chi connectivity index (χ4n) is 4.08. The number of hydrogen-bond donors (Lipinski definition) is 7.